The van der Waals surface area contributed by atoms with E-state index in [0.29, 0.717) is 30.2 Å². The summed E-state index contributed by atoms with van der Waals surface area (Å²) in [5.41, 5.74) is 17.9. The second kappa shape index (κ2) is 12.3. The largest absolute Gasteiger partial charge is 0.423 e. The molecule has 2 rings (SSSR count). The van der Waals surface area contributed by atoms with Crippen LogP contribution in [-0.2, 0) is 9.59 Å². The normalized spacial score (nSPS) is 12.0. The summed E-state index contributed by atoms with van der Waals surface area (Å²) >= 11 is 0. The monoisotopic (exact) mass is 428 g/mol. The standard InChI is InChI=1S/C20H28N8O3/c1-24-12-18(29)25-17-10-9-15(19(23)26-17)28-27-14-7-2-3-8-16(14)31-20(30)13(22)6-4-5-11-21/h2-3,7-10,13,24H,4-6,11-12,21-22H2,1H3,(H3,23,25,26,29)/t13-/m0/s1. The van der Waals surface area contributed by atoms with Crippen LogP contribution in [0.1, 0.15) is 19.3 Å². The third-order valence-corrected chi connectivity index (χ3v) is 4.12. The number of esters is 1. The van der Waals surface area contributed by atoms with E-state index in [9.17, 15) is 9.59 Å². The third-order valence-electron chi connectivity index (χ3n) is 4.12. The summed E-state index contributed by atoms with van der Waals surface area (Å²) in [6, 6.07) is 9.06. The van der Waals surface area contributed by atoms with E-state index in [4.69, 9.17) is 21.9 Å². The maximum atomic E-state index is 12.2. The number of azo groups is 1. The fourth-order valence-electron chi connectivity index (χ4n) is 2.51. The Hall–Kier alpha value is -3.41. The molecule has 0 radical (unpaired) electrons. The summed E-state index contributed by atoms with van der Waals surface area (Å²) in [6.07, 6.45) is 2.02. The van der Waals surface area contributed by atoms with Crippen LogP contribution in [0.25, 0.3) is 0 Å². The number of para-hydroxylation sites is 1. The number of carbonyl (C=O) groups excluding carboxylic acids is 2. The van der Waals surface area contributed by atoms with Crippen LogP contribution in [-0.4, -0.2) is 43.0 Å². The van der Waals surface area contributed by atoms with Crippen LogP contribution in [0, 0.1) is 0 Å². The van der Waals surface area contributed by atoms with Crippen LogP contribution >= 0.6 is 0 Å². The molecule has 1 heterocycles. The van der Waals surface area contributed by atoms with Gasteiger partial charge in [0.15, 0.2) is 11.6 Å². The Kier molecular flexibility index (Phi) is 9.49. The van der Waals surface area contributed by atoms with Gasteiger partial charge in [-0.15, -0.1) is 10.2 Å². The lowest BCUT2D eigenvalue weighted by Gasteiger charge is -2.12. The van der Waals surface area contributed by atoms with Crippen LogP contribution in [0.2, 0.25) is 0 Å². The summed E-state index contributed by atoms with van der Waals surface area (Å²) < 4.78 is 5.39. The predicted octanol–water partition coefficient (Wildman–Crippen LogP) is 1.60. The van der Waals surface area contributed by atoms with Gasteiger partial charge >= 0.3 is 5.97 Å². The van der Waals surface area contributed by atoms with Gasteiger partial charge in [0.2, 0.25) is 5.91 Å². The Morgan fingerprint density at radius 3 is 2.58 bits per heavy atom. The third kappa shape index (κ3) is 7.74. The minimum absolute atomic E-state index is 0.0856. The number of nitrogens with one attached hydrogen (secondary N) is 2. The Bertz CT molecular complexity index is 919. The van der Waals surface area contributed by atoms with Gasteiger partial charge in [-0.3, -0.25) is 4.79 Å². The number of carbonyl (C=O) groups is 2. The van der Waals surface area contributed by atoms with Gasteiger partial charge in [-0.05, 0) is 50.7 Å². The van der Waals surface area contributed by atoms with Crippen LogP contribution in [0.15, 0.2) is 46.6 Å². The molecule has 0 saturated carbocycles. The average Bonchev–Trinajstić information content (AvgIpc) is 2.74. The molecule has 1 amide bonds. The van der Waals surface area contributed by atoms with E-state index in [2.05, 4.69) is 25.8 Å². The van der Waals surface area contributed by atoms with Crippen molar-refractivity contribution in [3.63, 3.8) is 0 Å². The van der Waals surface area contributed by atoms with E-state index in [0.717, 1.165) is 12.8 Å². The van der Waals surface area contributed by atoms with E-state index in [1.54, 1.807) is 43.4 Å². The van der Waals surface area contributed by atoms with Gasteiger partial charge in [0.1, 0.15) is 23.2 Å². The number of nitrogens with two attached hydrogens (primary N) is 3. The first-order valence-corrected chi connectivity index (χ1v) is 9.83. The molecule has 8 N–H and O–H groups in total. The van der Waals surface area contributed by atoms with Crippen molar-refractivity contribution in [2.45, 2.75) is 25.3 Å². The van der Waals surface area contributed by atoms with E-state index < -0.39 is 12.0 Å². The number of amides is 1. The highest BCUT2D eigenvalue weighted by Gasteiger charge is 2.17. The molecule has 1 atom stereocenters. The number of anilines is 2. The first-order chi connectivity index (χ1) is 14.9. The smallest absolute Gasteiger partial charge is 0.328 e. The number of likely N-dealkylation sites (N-methyl/N-ethyl adjacent to an activating group) is 1. The maximum absolute atomic E-state index is 12.2. The topological polar surface area (TPSA) is 183 Å². The van der Waals surface area contributed by atoms with Crippen molar-refractivity contribution in [1.29, 1.82) is 0 Å². The maximum Gasteiger partial charge on any atom is 0.328 e. The molecule has 166 valence electrons. The highest BCUT2D eigenvalue weighted by molar-refractivity contribution is 5.91. The van der Waals surface area contributed by atoms with Gasteiger partial charge in [0.05, 0.1) is 6.54 Å². The Morgan fingerprint density at radius 2 is 1.87 bits per heavy atom. The van der Waals surface area contributed by atoms with Crippen LogP contribution in [0.5, 0.6) is 5.75 Å². The molecular formula is C20H28N8O3. The van der Waals surface area contributed by atoms with Crippen molar-refractivity contribution in [3.8, 4) is 5.75 Å². The lowest BCUT2D eigenvalue weighted by atomic mass is 10.1. The number of pyridine rings is 1. The van der Waals surface area contributed by atoms with Gasteiger partial charge in [-0.1, -0.05) is 18.6 Å². The summed E-state index contributed by atoms with van der Waals surface area (Å²) in [7, 11) is 1.66. The number of benzene rings is 1. The number of unbranched alkanes of at least 4 members (excludes halogenated alkanes) is 1. The van der Waals surface area contributed by atoms with Gasteiger partial charge in [-0.2, -0.15) is 0 Å². The lowest BCUT2D eigenvalue weighted by Crippen LogP contribution is -2.34. The molecule has 0 aliphatic carbocycles. The van der Waals surface area contributed by atoms with Crippen molar-refractivity contribution in [2.75, 3.05) is 31.2 Å². The van der Waals surface area contributed by atoms with E-state index >= 15 is 0 Å². The number of hydrogen-bond donors (Lipinski definition) is 5. The summed E-state index contributed by atoms with van der Waals surface area (Å²) in [4.78, 5) is 27.9. The fourth-order valence-corrected chi connectivity index (χ4v) is 2.51. The number of nitrogen functional groups attached to an aromatic ring is 1. The Balaban J connectivity index is 2.08. The first kappa shape index (κ1) is 23.9. The predicted molar refractivity (Wildman–Crippen MR) is 118 cm³/mol. The first-order valence-electron chi connectivity index (χ1n) is 9.83. The second-order valence-corrected chi connectivity index (χ2v) is 6.66. The molecule has 31 heavy (non-hydrogen) atoms. The molecule has 1 aromatic carbocycles. The van der Waals surface area contributed by atoms with Crippen molar-refractivity contribution < 1.29 is 14.3 Å². The minimum atomic E-state index is -0.748. The van der Waals surface area contributed by atoms with Gasteiger partial charge in [0.25, 0.3) is 0 Å². The molecule has 0 spiro atoms. The zero-order chi connectivity index (χ0) is 22.6. The van der Waals surface area contributed by atoms with Crippen molar-refractivity contribution in [1.82, 2.24) is 10.3 Å². The lowest BCUT2D eigenvalue weighted by molar-refractivity contribution is -0.136. The van der Waals surface area contributed by atoms with Crippen molar-refractivity contribution in [2.24, 2.45) is 21.7 Å². The molecule has 0 fully saturated rings. The molecule has 1 aromatic heterocycles. The zero-order valence-corrected chi connectivity index (χ0v) is 17.4. The second-order valence-electron chi connectivity index (χ2n) is 6.66. The number of ether oxygens (including phenoxy) is 1. The molecule has 0 aliphatic heterocycles. The van der Waals surface area contributed by atoms with Crippen molar-refractivity contribution >= 4 is 34.9 Å². The Morgan fingerprint density at radius 1 is 1.13 bits per heavy atom. The van der Waals surface area contributed by atoms with E-state index in [1.807, 2.05) is 0 Å². The van der Waals surface area contributed by atoms with Crippen molar-refractivity contribution in [3.05, 3.63) is 36.4 Å². The molecule has 0 unspecified atom stereocenters. The van der Waals surface area contributed by atoms with Crippen LogP contribution < -0.4 is 32.6 Å². The highest BCUT2D eigenvalue weighted by Crippen LogP contribution is 2.30. The quantitative estimate of drug-likeness (QED) is 0.155. The number of aromatic nitrogens is 1. The fraction of sp³-hybridized carbons (Fsp3) is 0.350. The molecule has 11 nitrogen and oxygen atoms in total. The SMILES string of the molecule is CNCC(=O)Nc1ccc(N=Nc2ccccc2OC(=O)[C@@H](N)CCCCN)c(N)n1. The highest BCUT2D eigenvalue weighted by atomic mass is 16.5. The molecule has 11 heteroatoms. The van der Waals surface area contributed by atoms with Gasteiger partial charge in [0, 0.05) is 0 Å². The number of nitrogens with zero attached hydrogens (tertiary/aromatic N) is 3. The van der Waals surface area contributed by atoms with Gasteiger partial charge in [-0.25, -0.2) is 9.78 Å². The molecule has 2 aromatic rings. The number of hydrogen-bond acceptors (Lipinski definition) is 10. The Labute approximate surface area is 180 Å². The molecule has 0 saturated heterocycles. The zero-order valence-electron chi connectivity index (χ0n) is 17.4. The molecule has 0 aliphatic rings. The number of rotatable bonds is 11. The van der Waals surface area contributed by atoms with Crippen LogP contribution in [0.3, 0.4) is 0 Å². The molecular weight excluding hydrogens is 400 g/mol. The summed E-state index contributed by atoms with van der Waals surface area (Å²) in [5, 5.41) is 13.5. The van der Waals surface area contributed by atoms with E-state index in [-0.39, 0.29) is 24.0 Å². The van der Waals surface area contributed by atoms with Crippen LogP contribution in [0.4, 0.5) is 23.0 Å². The van der Waals surface area contributed by atoms with E-state index in [1.165, 1.54) is 0 Å². The minimum Gasteiger partial charge on any atom is -0.423 e. The summed E-state index contributed by atoms with van der Waals surface area (Å²) in [5.74, 6) is -0.187. The van der Waals surface area contributed by atoms with Gasteiger partial charge < -0.3 is 32.6 Å². The average molecular weight is 428 g/mol. The summed E-state index contributed by atoms with van der Waals surface area (Å²) in [6.45, 7) is 0.696. The molecule has 0 bridgehead atoms.